The van der Waals surface area contributed by atoms with Gasteiger partial charge in [0.05, 0.1) is 0 Å². The molecule has 0 aliphatic rings. The van der Waals surface area contributed by atoms with E-state index in [-0.39, 0.29) is 5.41 Å². The highest BCUT2D eigenvalue weighted by Gasteiger charge is 2.13. The van der Waals surface area contributed by atoms with Crippen molar-refractivity contribution in [2.45, 2.75) is 32.8 Å². The molecule has 0 fully saturated rings. The zero-order chi connectivity index (χ0) is 13.2. The van der Waals surface area contributed by atoms with Crippen molar-refractivity contribution in [1.29, 1.82) is 0 Å². The van der Waals surface area contributed by atoms with Crippen molar-refractivity contribution in [3.63, 3.8) is 0 Å². The fraction of sp³-hybridized carbons (Fsp3) is 0.400. The molecule has 0 unspecified atom stereocenters. The van der Waals surface area contributed by atoms with Crippen molar-refractivity contribution in [3.05, 3.63) is 48.0 Å². The number of aromatic nitrogens is 2. The predicted octanol–water partition coefficient (Wildman–Crippen LogP) is 3.30. The van der Waals surface area contributed by atoms with Gasteiger partial charge in [-0.3, -0.25) is 0 Å². The molecule has 0 spiro atoms. The van der Waals surface area contributed by atoms with Crippen LogP contribution in [0.1, 0.15) is 32.2 Å². The third-order valence-corrected chi connectivity index (χ3v) is 3.01. The zero-order valence-corrected chi connectivity index (χ0v) is 11.5. The van der Waals surface area contributed by atoms with Crippen LogP contribution in [0.15, 0.2) is 36.7 Å². The second-order valence-electron chi connectivity index (χ2n) is 5.52. The first-order chi connectivity index (χ1) is 8.47. The number of rotatable bonds is 3. The molecule has 3 nitrogen and oxygen atoms in total. The molecule has 3 heteroatoms. The summed E-state index contributed by atoms with van der Waals surface area (Å²) in [6, 6.07) is 8.27. The van der Waals surface area contributed by atoms with E-state index in [0.29, 0.717) is 6.61 Å². The molecule has 2 rings (SSSR count). The molecule has 0 N–H and O–H groups in total. The molecule has 96 valence electrons. The molecule has 1 aromatic heterocycles. The van der Waals surface area contributed by atoms with Gasteiger partial charge in [-0.25, -0.2) is 4.98 Å². The molecule has 0 bridgehead atoms. The van der Waals surface area contributed by atoms with E-state index in [9.17, 15) is 0 Å². The molecule has 1 aromatic carbocycles. The third kappa shape index (κ3) is 2.92. The van der Waals surface area contributed by atoms with Crippen LogP contribution in [0, 0.1) is 0 Å². The Labute approximate surface area is 108 Å². The summed E-state index contributed by atoms with van der Waals surface area (Å²) in [6.07, 6.45) is 3.70. The van der Waals surface area contributed by atoms with Crippen LogP contribution in [-0.4, -0.2) is 9.55 Å². The first-order valence-electron chi connectivity index (χ1n) is 6.16. The fourth-order valence-electron chi connectivity index (χ4n) is 1.73. The Kier molecular flexibility index (Phi) is 3.41. The number of imidazole rings is 1. The Balaban J connectivity index is 2.01. The van der Waals surface area contributed by atoms with E-state index in [4.69, 9.17) is 4.74 Å². The maximum atomic E-state index is 5.72. The van der Waals surface area contributed by atoms with E-state index >= 15 is 0 Å². The van der Waals surface area contributed by atoms with E-state index < -0.39 is 0 Å². The number of ether oxygens (including phenoxy) is 1. The maximum absolute atomic E-state index is 5.72. The Morgan fingerprint density at radius 2 is 1.83 bits per heavy atom. The maximum Gasteiger partial charge on any atom is 0.146 e. The molecular weight excluding hydrogens is 224 g/mol. The Bertz CT molecular complexity index is 506. The number of aryl methyl sites for hydroxylation is 1. The van der Waals surface area contributed by atoms with Crippen LogP contribution in [0.3, 0.4) is 0 Å². The number of hydrogen-bond acceptors (Lipinski definition) is 2. The summed E-state index contributed by atoms with van der Waals surface area (Å²) in [5.41, 5.74) is 1.49. The van der Waals surface area contributed by atoms with Crippen molar-refractivity contribution in [1.82, 2.24) is 9.55 Å². The smallest absolute Gasteiger partial charge is 0.146 e. The minimum Gasteiger partial charge on any atom is -0.486 e. The van der Waals surface area contributed by atoms with Gasteiger partial charge in [-0.15, -0.1) is 0 Å². The lowest BCUT2D eigenvalue weighted by atomic mass is 9.87. The number of benzene rings is 1. The van der Waals surface area contributed by atoms with Gasteiger partial charge in [-0.05, 0) is 23.1 Å². The van der Waals surface area contributed by atoms with Gasteiger partial charge in [-0.2, -0.15) is 0 Å². The van der Waals surface area contributed by atoms with Crippen LogP contribution in [0.4, 0.5) is 0 Å². The summed E-state index contributed by atoms with van der Waals surface area (Å²) in [6.45, 7) is 7.11. The minimum atomic E-state index is 0.179. The first-order valence-corrected chi connectivity index (χ1v) is 6.16. The summed E-state index contributed by atoms with van der Waals surface area (Å²) in [7, 11) is 1.97. The molecule has 18 heavy (non-hydrogen) atoms. The Morgan fingerprint density at radius 3 is 2.33 bits per heavy atom. The average Bonchev–Trinajstić information content (AvgIpc) is 2.72. The Morgan fingerprint density at radius 1 is 1.17 bits per heavy atom. The van der Waals surface area contributed by atoms with Gasteiger partial charge in [0.25, 0.3) is 0 Å². The second-order valence-corrected chi connectivity index (χ2v) is 5.52. The van der Waals surface area contributed by atoms with Crippen LogP contribution in [0.25, 0.3) is 0 Å². The average molecular weight is 244 g/mol. The van der Waals surface area contributed by atoms with E-state index in [0.717, 1.165) is 11.6 Å². The molecule has 0 saturated heterocycles. The van der Waals surface area contributed by atoms with Crippen molar-refractivity contribution >= 4 is 0 Å². The van der Waals surface area contributed by atoms with Crippen LogP contribution >= 0.6 is 0 Å². The van der Waals surface area contributed by atoms with Gasteiger partial charge in [0, 0.05) is 19.4 Å². The molecule has 0 radical (unpaired) electrons. The lowest BCUT2D eigenvalue weighted by Gasteiger charge is -2.19. The van der Waals surface area contributed by atoms with Crippen LogP contribution in [-0.2, 0) is 19.1 Å². The van der Waals surface area contributed by atoms with Crippen LogP contribution in [0.5, 0.6) is 5.75 Å². The summed E-state index contributed by atoms with van der Waals surface area (Å²) in [5.74, 6) is 1.81. The largest absolute Gasteiger partial charge is 0.486 e. The molecule has 0 saturated carbocycles. The van der Waals surface area contributed by atoms with Crippen LogP contribution in [0.2, 0.25) is 0 Å². The summed E-state index contributed by atoms with van der Waals surface area (Å²) < 4.78 is 7.68. The fourth-order valence-corrected chi connectivity index (χ4v) is 1.73. The molecule has 0 aliphatic carbocycles. The van der Waals surface area contributed by atoms with Gasteiger partial charge in [0.15, 0.2) is 0 Å². The van der Waals surface area contributed by atoms with E-state index in [2.05, 4.69) is 37.9 Å². The van der Waals surface area contributed by atoms with E-state index in [1.54, 1.807) is 6.20 Å². The molecule has 0 amide bonds. The van der Waals surface area contributed by atoms with Crippen LogP contribution < -0.4 is 4.74 Å². The lowest BCUT2D eigenvalue weighted by molar-refractivity contribution is 0.291. The first kappa shape index (κ1) is 12.7. The van der Waals surface area contributed by atoms with Gasteiger partial charge in [-0.1, -0.05) is 32.9 Å². The monoisotopic (exact) mass is 244 g/mol. The van der Waals surface area contributed by atoms with Gasteiger partial charge < -0.3 is 9.30 Å². The quantitative estimate of drug-likeness (QED) is 0.828. The minimum absolute atomic E-state index is 0.179. The normalized spacial score (nSPS) is 11.6. The van der Waals surface area contributed by atoms with Gasteiger partial charge >= 0.3 is 0 Å². The number of hydrogen-bond donors (Lipinski definition) is 0. The molecule has 0 aliphatic heterocycles. The molecular formula is C15H20N2O. The second kappa shape index (κ2) is 4.84. The third-order valence-electron chi connectivity index (χ3n) is 3.01. The standard InChI is InChI=1S/C15H20N2O/c1-15(2,3)12-5-7-13(8-6-12)18-11-14-16-9-10-17(14)4/h5-10H,11H2,1-4H3. The summed E-state index contributed by atoms with van der Waals surface area (Å²) >= 11 is 0. The van der Waals surface area contributed by atoms with Gasteiger partial charge in [0.1, 0.15) is 18.2 Å². The molecule has 0 atom stereocenters. The van der Waals surface area contributed by atoms with Crippen molar-refractivity contribution < 1.29 is 4.74 Å². The topological polar surface area (TPSA) is 27.1 Å². The predicted molar refractivity (Wildman–Crippen MR) is 72.7 cm³/mol. The van der Waals surface area contributed by atoms with E-state index in [1.165, 1.54) is 5.56 Å². The van der Waals surface area contributed by atoms with Crippen molar-refractivity contribution in [3.8, 4) is 5.75 Å². The van der Waals surface area contributed by atoms with Crippen molar-refractivity contribution in [2.24, 2.45) is 7.05 Å². The van der Waals surface area contributed by atoms with Crippen molar-refractivity contribution in [2.75, 3.05) is 0 Å². The lowest BCUT2D eigenvalue weighted by Crippen LogP contribution is -2.10. The SMILES string of the molecule is Cn1ccnc1COc1ccc(C(C)(C)C)cc1. The summed E-state index contributed by atoms with van der Waals surface area (Å²) in [5, 5.41) is 0. The highest BCUT2D eigenvalue weighted by atomic mass is 16.5. The zero-order valence-electron chi connectivity index (χ0n) is 11.5. The summed E-state index contributed by atoms with van der Waals surface area (Å²) in [4.78, 5) is 4.23. The highest BCUT2D eigenvalue weighted by molar-refractivity contribution is 5.31. The Hall–Kier alpha value is -1.77. The van der Waals surface area contributed by atoms with E-state index in [1.807, 2.05) is 29.9 Å². The highest BCUT2D eigenvalue weighted by Crippen LogP contribution is 2.24. The number of nitrogens with zero attached hydrogens (tertiary/aromatic N) is 2. The van der Waals surface area contributed by atoms with Gasteiger partial charge in [0.2, 0.25) is 0 Å². The molecule has 2 aromatic rings. The molecule has 1 heterocycles.